The number of anilines is 2. The standard InChI is InChI=1S/C19H28N6/c1-4-24-11-13-25(14-12-24)18-15-16(2)21-19(22-18)23(3)10-7-17-5-8-20-9-6-17/h5-6,8-9,15H,4,7,10-14H2,1-3H3. The summed E-state index contributed by atoms with van der Waals surface area (Å²) in [5.41, 5.74) is 2.30. The van der Waals surface area contributed by atoms with Gasteiger partial charge in [-0.2, -0.15) is 4.98 Å². The Morgan fingerprint density at radius 1 is 1.08 bits per heavy atom. The van der Waals surface area contributed by atoms with Crippen molar-refractivity contribution in [2.24, 2.45) is 0 Å². The van der Waals surface area contributed by atoms with Gasteiger partial charge in [-0.05, 0) is 37.6 Å². The molecule has 0 atom stereocenters. The van der Waals surface area contributed by atoms with Crippen LogP contribution in [0.2, 0.25) is 0 Å². The number of pyridine rings is 1. The lowest BCUT2D eigenvalue weighted by Gasteiger charge is -2.35. The molecule has 1 aliphatic rings. The zero-order valence-corrected chi connectivity index (χ0v) is 15.5. The lowest BCUT2D eigenvalue weighted by molar-refractivity contribution is 0.270. The highest BCUT2D eigenvalue weighted by molar-refractivity contribution is 5.46. The van der Waals surface area contributed by atoms with Crippen LogP contribution in [0.3, 0.4) is 0 Å². The van der Waals surface area contributed by atoms with E-state index in [9.17, 15) is 0 Å². The molecule has 0 aromatic carbocycles. The maximum absolute atomic E-state index is 4.83. The summed E-state index contributed by atoms with van der Waals surface area (Å²) in [6.07, 6.45) is 4.64. The summed E-state index contributed by atoms with van der Waals surface area (Å²) in [6.45, 7) is 10.6. The molecule has 0 amide bonds. The molecule has 0 N–H and O–H groups in total. The predicted molar refractivity (Wildman–Crippen MR) is 102 cm³/mol. The van der Waals surface area contributed by atoms with Crippen molar-refractivity contribution in [2.75, 3.05) is 56.1 Å². The Morgan fingerprint density at radius 3 is 2.48 bits per heavy atom. The van der Waals surface area contributed by atoms with Crippen LogP contribution in [0.4, 0.5) is 11.8 Å². The van der Waals surface area contributed by atoms with Crippen LogP contribution in [-0.4, -0.2) is 66.2 Å². The summed E-state index contributed by atoms with van der Waals surface area (Å²) in [5.74, 6) is 1.86. The van der Waals surface area contributed by atoms with Crippen molar-refractivity contribution in [1.82, 2.24) is 19.9 Å². The van der Waals surface area contributed by atoms with Crippen molar-refractivity contribution < 1.29 is 0 Å². The number of likely N-dealkylation sites (N-methyl/N-ethyl adjacent to an activating group) is 2. The highest BCUT2D eigenvalue weighted by Crippen LogP contribution is 2.18. The molecule has 1 fully saturated rings. The quantitative estimate of drug-likeness (QED) is 0.802. The Hall–Kier alpha value is -2.21. The summed E-state index contributed by atoms with van der Waals surface area (Å²) in [6, 6.07) is 6.22. The van der Waals surface area contributed by atoms with Crippen molar-refractivity contribution in [1.29, 1.82) is 0 Å². The number of nitrogens with zero attached hydrogens (tertiary/aromatic N) is 6. The first-order valence-corrected chi connectivity index (χ1v) is 9.08. The van der Waals surface area contributed by atoms with Crippen LogP contribution in [0.5, 0.6) is 0 Å². The Bertz CT molecular complexity index is 667. The second kappa shape index (κ2) is 8.25. The second-order valence-electron chi connectivity index (χ2n) is 6.62. The van der Waals surface area contributed by atoms with E-state index in [4.69, 9.17) is 4.98 Å². The fourth-order valence-corrected chi connectivity index (χ4v) is 3.11. The van der Waals surface area contributed by atoms with E-state index in [1.54, 1.807) is 0 Å². The van der Waals surface area contributed by atoms with Crippen LogP contribution in [-0.2, 0) is 6.42 Å². The normalized spacial score (nSPS) is 15.4. The number of rotatable bonds is 6. The average Bonchev–Trinajstić information content (AvgIpc) is 2.66. The molecule has 1 saturated heterocycles. The SMILES string of the molecule is CCN1CCN(c2cc(C)nc(N(C)CCc3ccncc3)n2)CC1. The predicted octanol–water partition coefficient (Wildman–Crippen LogP) is 2.00. The number of piperazine rings is 1. The van der Waals surface area contributed by atoms with Crippen molar-refractivity contribution in [3.8, 4) is 0 Å². The largest absolute Gasteiger partial charge is 0.354 e. The van der Waals surface area contributed by atoms with Crippen LogP contribution in [0.25, 0.3) is 0 Å². The van der Waals surface area contributed by atoms with Crippen LogP contribution in [0.15, 0.2) is 30.6 Å². The van der Waals surface area contributed by atoms with Gasteiger partial charge >= 0.3 is 0 Å². The van der Waals surface area contributed by atoms with Crippen LogP contribution >= 0.6 is 0 Å². The van der Waals surface area contributed by atoms with Crippen molar-refractivity contribution >= 4 is 11.8 Å². The maximum atomic E-state index is 4.83. The van der Waals surface area contributed by atoms with Gasteiger partial charge in [-0.25, -0.2) is 4.98 Å². The lowest BCUT2D eigenvalue weighted by atomic mass is 10.2. The molecule has 0 radical (unpaired) electrons. The molecular weight excluding hydrogens is 312 g/mol. The smallest absolute Gasteiger partial charge is 0.227 e. The third-order valence-electron chi connectivity index (χ3n) is 4.80. The Kier molecular flexibility index (Phi) is 5.81. The van der Waals surface area contributed by atoms with Gasteiger partial charge in [0.25, 0.3) is 0 Å². The lowest BCUT2D eigenvalue weighted by Crippen LogP contribution is -2.46. The molecule has 3 rings (SSSR count). The van der Waals surface area contributed by atoms with Gasteiger partial charge < -0.3 is 14.7 Å². The summed E-state index contributed by atoms with van der Waals surface area (Å²) in [4.78, 5) is 20.5. The zero-order valence-electron chi connectivity index (χ0n) is 15.5. The van der Waals surface area contributed by atoms with Gasteiger partial charge in [-0.15, -0.1) is 0 Å². The van der Waals surface area contributed by atoms with E-state index in [1.165, 1.54) is 5.56 Å². The maximum Gasteiger partial charge on any atom is 0.227 e. The number of hydrogen-bond donors (Lipinski definition) is 0. The molecule has 2 aromatic heterocycles. The molecule has 0 unspecified atom stereocenters. The number of hydrogen-bond acceptors (Lipinski definition) is 6. The van der Waals surface area contributed by atoms with E-state index in [0.717, 1.165) is 63.1 Å². The minimum atomic E-state index is 0.807. The monoisotopic (exact) mass is 340 g/mol. The van der Waals surface area contributed by atoms with Gasteiger partial charge in [0.05, 0.1) is 0 Å². The molecule has 0 bridgehead atoms. The Morgan fingerprint density at radius 2 is 1.80 bits per heavy atom. The molecule has 0 saturated carbocycles. The average molecular weight is 340 g/mol. The highest BCUT2D eigenvalue weighted by Gasteiger charge is 2.18. The molecular formula is C19H28N6. The van der Waals surface area contributed by atoms with Gasteiger partial charge in [0.1, 0.15) is 5.82 Å². The van der Waals surface area contributed by atoms with Gasteiger partial charge in [-0.1, -0.05) is 6.92 Å². The minimum absolute atomic E-state index is 0.807. The zero-order chi connectivity index (χ0) is 17.6. The molecule has 25 heavy (non-hydrogen) atoms. The Balaban J connectivity index is 1.66. The first-order chi connectivity index (χ1) is 12.2. The van der Waals surface area contributed by atoms with E-state index < -0.39 is 0 Å². The Labute approximate surface area is 150 Å². The molecule has 3 heterocycles. The third-order valence-corrected chi connectivity index (χ3v) is 4.80. The fraction of sp³-hybridized carbons (Fsp3) is 0.526. The minimum Gasteiger partial charge on any atom is -0.354 e. The van der Waals surface area contributed by atoms with Crippen molar-refractivity contribution in [2.45, 2.75) is 20.3 Å². The fourth-order valence-electron chi connectivity index (χ4n) is 3.11. The van der Waals surface area contributed by atoms with Gasteiger partial charge in [-0.3, -0.25) is 4.98 Å². The van der Waals surface area contributed by atoms with E-state index in [2.05, 4.69) is 56.8 Å². The van der Waals surface area contributed by atoms with Crippen molar-refractivity contribution in [3.05, 3.63) is 41.9 Å². The molecule has 0 aliphatic carbocycles. The summed E-state index contributed by atoms with van der Waals surface area (Å²) in [7, 11) is 2.06. The van der Waals surface area contributed by atoms with Gasteiger partial charge in [0.15, 0.2) is 0 Å². The first kappa shape index (κ1) is 17.6. The van der Waals surface area contributed by atoms with E-state index >= 15 is 0 Å². The molecule has 6 heteroatoms. The number of aryl methyl sites for hydroxylation is 1. The summed E-state index contributed by atoms with van der Waals surface area (Å²) in [5, 5.41) is 0. The van der Waals surface area contributed by atoms with E-state index in [0.29, 0.717) is 0 Å². The molecule has 0 spiro atoms. The van der Waals surface area contributed by atoms with Gasteiger partial charge in [0, 0.05) is 63.9 Å². The van der Waals surface area contributed by atoms with Crippen LogP contribution in [0.1, 0.15) is 18.2 Å². The van der Waals surface area contributed by atoms with Crippen LogP contribution < -0.4 is 9.80 Å². The van der Waals surface area contributed by atoms with E-state index in [-0.39, 0.29) is 0 Å². The highest BCUT2D eigenvalue weighted by atomic mass is 15.3. The molecule has 6 nitrogen and oxygen atoms in total. The molecule has 1 aliphatic heterocycles. The molecule has 134 valence electrons. The number of aromatic nitrogens is 3. The first-order valence-electron chi connectivity index (χ1n) is 9.08. The third kappa shape index (κ3) is 4.66. The van der Waals surface area contributed by atoms with Crippen molar-refractivity contribution in [3.63, 3.8) is 0 Å². The second-order valence-corrected chi connectivity index (χ2v) is 6.62. The topological polar surface area (TPSA) is 48.4 Å². The summed E-state index contributed by atoms with van der Waals surface area (Å²) >= 11 is 0. The molecule has 2 aromatic rings. The van der Waals surface area contributed by atoms with Crippen LogP contribution in [0, 0.1) is 6.92 Å². The van der Waals surface area contributed by atoms with E-state index in [1.807, 2.05) is 19.3 Å². The van der Waals surface area contributed by atoms with Gasteiger partial charge in [0.2, 0.25) is 5.95 Å². The summed E-state index contributed by atoms with van der Waals surface area (Å²) < 4.78 is 0.